The Labute approximate surface area is 131 Å². The van der Waals surface area contributed by atoms with Crippen molar-refractivity contribution in [2.45, 2.75) is 26.3 Å². The van der Waals surface area contributed by atoms with Gasteiger partial charge in [-0.1, -0.05) is 54.1 Å². The third kappa shape index (κ3) is 4.91. The zero-order chi connectivity index (χ0) is 15.1. The third-order valence-electron chi connectivity index (χ3n) is 3.47. The fourth-order valence-electron chi connectivity index (χ4n) is 2.29. The van der Waals surface area contributed by atoms with Gasteiger partial charge in [0.05, 0.1) is 0 Å². The summed E-state index contributed by atoms with van der Waals surface area (Å²) in [5.74, 6) is 0.182. The highest BCUT2D eigenvalue weighted by molar-refractivity contribution is 6.30. The Morgan fingerprint density at radius 1 is 1.05 bits per heavy atom. The average molecular weight is 302 g/mol. The van der Waals surface area contributed by atoms with Crippen LogP contribution < -0.4 is 0 Å². The Morgan fingerprint density at radius 2 is 1.76 bits per heavy atom. The Kier molecular flexibility index (Phi) is 5.82. The van der Waals surface area contributed by atoms with E-state index < -0.39 is 0 Å². The largest absolute Gasteiger partial charge is 0.339 e. The van der Waals surface area contributed by atoms with E-state index in [-0.39, 0.29) is 5.91 Å². The van der Waals surface area contributed by atoms with Crippen LogP contribution in [0, 0.1) is 0 Å². The van der Waals surface area contributed by atoms with Crippen LogP contribution in [-0.2, 0) is 17.8 Å². The summed E-state index contributed by atoms with van der Waals surface area (Å²) in [6, 6.07) is 17.8. The zero-order valence-electron chi connectivity index (χ0n) is 12.3. The molecule has 2 aromatic rings. The molecule has 2 aromatic carbocycles. The molecule has 0 saturated heterocycles. The van der Waals surface area contributed by atoms with E-state index in [0.717, 1.165) is 12.0 Å². The highest BCUT2D eigenvalue weighted by Crippen LogP contribution is 2.14. The number of halogens is 1. The molecular weight excluding hydrogens is 282 g/mol. The molecule has 2 rings (SSSR count). The number of hydrogen-bond donors (Lipinski definition) is 0. The minimum absolute atomic E-state index is 0.182. The van der Waals surface area contributed by atoms with E-state index in [9.17, 15) is 4.79 Å². The number of benzene rings is 2. The van der Waals surface area contributed by atoms with Crippen LogP contribution in [0.3, 0.4) is 0 Å². The van der Waals surface area contributed by atoms with Crippen molar-refractivity contribution in [3.8, 4) is 0 Å². The summed E-state index contributed by atoms with van der Waals surface area (Å²) in [6.45, 7) is 3.33. The molecule has 0 aliphatic heterocycles. The maximum atomic E-state index is 12.3. The maximum absolute atomic E-state index is 12.3. The van der Waals surface area contributed by atoms with E-state index in [0.29, 0.717) is 24.5 Å². The molecule has 0 aliphatic carbocycles. The standard InChI is InChI=1S/C18H20ClNO/c1-2-20(14-16-9-6-10-17(19)13-16)18(21)12-11-15-7-4-3-5-8-15/h3-10,13H,2,11-12,14H2,1H3. The van der Waals surface area contributed by atoms with Gasteiger partial charge in [0.1, 0.15) is 0 Å². The van der Waals surface area contributed by atoms with E-state index in [2.05, 4.69) is 12.1 Å². The molecule has 0 aliphatic rings. The Hall–Kier alpha value is -1.80. The number of carbonyl (C=O) groups is 1. The molecule has 0 atom stereocenters. The van der Waals surface area contributed by atoms with Gasteiger partial charge in [0.15, 0.2) is 0 Å². The SMILES string of the molecule is CCN(Cc1cccc(Cl)c1)C(=O)CCc1ccccc1. The summed E-state index contributed by atoms with van der Waals surface area (Å²) in [7, 11) is 0. The second-order valence-electron chi connectivity index (χ2n) is 5.02. The quantitative estimate of drug-likeness (QED) is 0.778. The molecule has 0 heterocycles. The van der Waals surface area contributed by atoms with Gasteiger partial charge < -0.3 is 4.90 Å². The van der Waals surface area contributed by atoms with Crippen molar-refractivity contribution in [1.82, 2.24) is 4.90 Å². The lowest BCUT2D eigenvalue weighted by Crippen LogP contribution is -2.30. The number of carbonyl (C=O) groups excluding carboxylic acids is 1. The maximum Gasteiger partial charge on any atom is 0.223 e. The predicted molar refractivity (Wildman–Crippen MR) is 87.3 cm³/mol. The van der Waals surface area contributed by atoms with Gasteiger partial charge in [-0.25, -0.2) is 0 Å². The second kappa shape index (κ2) is 7.84. The normalized spacial score (nSPS) is 10.4. The lowest BCUT2D eigenvalue weighted by atomic mass is 10.1. The van der Waals surface area contributed by atoms with E-state index in [1.54, 1.807) is 0 Å². The molecule has 1 amide bonds. The van der Waals surface area contributed by atoms with Gasteiger partial charge in [-0.3, -0.25) is 4.79 Å². The fraction of sp³-hybridized carbons (Fsp3) is 0.278. The van der Waals surface area contributed by atoms with Crippen LogP contribution >= 0.6 is 11.6 Å². The summed E-state index contributed by atoms with van der Waals surface area (Å²) in [4.78, 5) is 14.2. The highest BCUT2D eigenvalue weighted by Gasteiger charge is 2.12. The van der Waals surface area contributed by atoms with Gasteiger partial charge in [0, 0.05) is 24.5 Å². The van der Waals surface area contributed by atoms with Crippen LogP contribution in [0.25, 0.3) is 0 Å². The number of hydrogen-bond acceptors (Lipinski definition) is 1. The molecule has 110 valence electrons. The van der Waals surface area contributed by atoms with Crippen molar-refractivity contribution in [1.29, 1.82) is 0 Å². The van der Waals surface area contributed by atoms with E-state index in [1.807, 2.05) is 54.3 Å². The highest BCUT2D eigenvalue weighted by atomic mass is 35.5. The van der Waals surface area contributed by atoms with Gasteiger partial charge in [-0.15, -0.1) is 0 Å². The Bertz CT molecular complexity index is 583. The van der Waals surface area contributed by atoms with Crippen molar-refractivity contribution in [3.63, 3.8) is 0 Å². The smallest absolute Gasteiger partial charge is 0.223 e. The summed E-state index contributed by atoms with van der Waals surface area (Å²) >= 11 is 5.99. The molecule has 0 unspecified atom stereocenters. The van der Waals surface area contributed by atoms with Crippen LogP contribution in [0.2, 0.25) is 5.02 Å². The average Bonchev–Trinajstić information content (AvgIpc) is 2.51. The monoisotopic (exact) mass is 301 g/mol. The molecule has 0 spiro atoms. The van der Waals surface area contributed by atoms with E-state index in [1.165, 1.54) is 5.56 Å². The number of aryl methyl sites for hydroxylation is 1. The van der Waals surface area contributed by atoms with Crippen LogP contribution in [-0.4, -0.2) is 17.4 Å². The summed E-state index contributed by atoms with van der Waals surface area (Å²) < 4.78 is 0. The first-order valence-electron chi connectivity index (χ1n) is 7.25. The van der Waals surface area contributed by atoms with Crippen LogP contribution in [0.15, 0.2) is 54.6 Å². The topological polar surface area (TPSA) is 20.3 Å². The van der Waals surface area contributed by atoms with Crippen molar-refractivity contribution in [2.75, 3.05) is 6.54 Å². The molecule has 3 heteroatoms. The van der Waals surface area contributed by atoms with E-state index >= 15 is 0 Å². The van der Waals surface area contributed by atoms with Crippen LogP contribution in [0.1, 0.15) is 24.5 Å². The minimum atomic E-state index is 0.182. The Balaban J connectivity index is 1.92. The molecule has 0 aromatic heterocycles. The van der Waals surface area contributed by atoms with Gasteiger partial charge in [0.2, 0.25) is 5.91 Å². The van der Waals surface area contributed by atoms with Crippen LogP contribution in [0.5, 0.6) is 0 Å². The first kappa shape index (κ1) is 15.6. The molecule has 0 fully saturated rings. The van der Waals surface area contributed by atoms with E-state index in [4.69, 9.17) is 11.6 Å². The van der Waals surface area contributed by atoms with Crippen LogP contribution in [0.4, 0.5) is 0 Å². The summed E-state index contributed by atoms with van der Waals surface area (Å²) in [5.41, 5.74) is 2.27. The van der Waals surface area contributed by atoms with Crippen molar-refractivity contribution in [2.24, 2.45) is 0 Å². The van der Waals surface area contributed by atoms with Gasteiger partial charge in [0.25, 0.3) is 0 Å². The minimum Gasteiger partial charge on any atom is -0.339 e. The zero-order valence-corrected chi connectivity index (χ0v) is 13.0. The predicted octanol–water partition coefficient (Wildman–Crippen LogP) is 4.32. The first-order valence-corrected chi connectivity index (χ1v) is 7.63. The number of amides is 1. The third-order valence-corrected chi connectivity index (χ3v) is 3.70. The molecule has 0 bridgehead atoms. The van der Waals surface area contributed by atoms with Crippen molar-refractivity contribution < 1.29 is 4.79 Å². The molecule has 0 saturated carbocycles. The fourth-order valence-corrected chi connectivity index (χ4v) is 2.50. The number of rotatable bonds is 6. The lowest BCUT2D eigenvalue weighted by Gasteiger charge is -2.21. The summed E-state index contributed by atoms with van der Waals surface area (Å²) in [5, 5.41) is 0.709. The lowest BCUT2D eigenvalue weighted by molar-refractivity contribution is -0.131. The molecule has 21 heavy (non-hydrogen) atoms. The molecule has 2 nitrogen and oxygen atoms in total. The van der Waals surface area contributed by atoms with Crippen molar-refractivity contribution in [3.05, 3.63) is 70.7 Å². The number of nitrogens with zero attached hydrogens (tertiary/aromatic N) is 1. The van der Waals surface area contributed by atoms with Gasteiger partial charge >= 0.3 is 0 Å². The van der Waals surface area contributed by atoms with Gasteiger partial charge in [-0.05, 0) is 36.6 Å². The Morgan fingerprint density at radius 3 is 2.43 bits per heavy atom. The molecule has 0 radical (unpaired) electrons. The second-order valence-corrected chi connectivity index (χ2v) is 5.46. The van der Waals surface area contributed by atoms with Gasteiger partial charge in [-0.2, -0.15) is 0 Å². The summed E-state index contributed by atoms with van der Waals surface area (Å²) in [6.07, 6.45) is 1.32. The van der Waals surface area contributed by atoms with Crippen molar-refractivity contribution >= 4 is 17.5 Å². The molecule has 0 N–H and O–H groups in total. The first-order chi connectivity index (χ1) is 10.2. The molecular formula is C18H20ClNO.